The Labute approximate surface area is 134 Å². The SMILES string of the molecule is Cc1ncsc1C(=O)NCCC(=O)Nc1ccc(Br)cc1. The number of nitrogens with zero attached hydrogens (tertiary/aromatic N) is 1. The van der Waals surface area contributed by atoms with Gasteiger partial charge in [0.25, 0.3) is 5.91 Å². The molecular weight excluding hydrogens is 354 g/mol. The average molecular weight is 368 g/mol. The quantitative estimate of drug-likeness (QED) is 0.853. The summed E-state index contributed by atoms with van der Waals surface area (Å²) in [6, 6.07) is 7.32. The fourth-order valence-electron chi connectivity index (χ4n) is 1.65. The minimum absolute atomic E-state index is 0.140. The number of benzene rings is 1. The lowest BCUT2D eigenvalue weighted by atomic mass is 10.3. The number of thiazole rings is 1. The first kappa shape index (κ1) is 15.7. The molecule has 2 aromatic rings. The highest BCUT2D eigenvalue weighted by atomic mass is 79.9. The zero-order valence-corrected chi connectivity index (χ0v) is 13.8. The molecule has 2 N–H and O–H groups in total. The molecule has 0 unspecified atom stereocenters. The van der Waals surface area contributed by atoms with E-state index in [1.165, 1.54) is 11.3 Å². The highest BCUT2D eigenvalue weighted by Crippen LogP contribution is 2.14. The van der Waals surface area contributed by atoms with Crippen molar-refractivity contribution in [1.29, 1.82) is 0 Å². The van der Waals surface area contributed by atoms with Crippen LogP contribution in [-0.2, 0) is 4.79 Å². The van der Waals surface area contributed by atoms with E-state index in [0.29, 0.717) is 17.1 Å². The van der Waals surface area contributed by atoms with Crippen molar-refractivity contribution >= 4 is 44.8 Å². The number of aromatic nitrogens is 1. The number of aryl methyl sites for hydroxylation is 1. The molecule has 7 heteroatoms. The maximum Gasteiger partial charge on any atom is 0.263 e. The third-order valence-corrected chi connectivity index (χ3v) is 4.17. The number of rotatable bonds is 5. The van der Waals surface area contributed by atoms with Crippen molar-refractivity contribution < 1.29 is 9.59 Å². The summed E-state index contributed by atoms with van der Waals surface area (Å²) >= 11 is 4.62. The van der Waals surface area contributed by atoms with E-state index in [1.54, 1.807) is 24.6 Å². The summed E-state index contributed by atoms with van der Waals surface area (Å²) in [6.45, 7) is 2.07. The summed E-state index contributed by atoms with van der Waals surface area (Å²) in [5.41, 5.74) is 3.06. The van der Waals surface area contributed by atoms with Crippen molar-refractivity contribution in [3.8, 4) is 0 Å². The predicted molar refractivity (Wildman–Crippen MR) is 86.6 cm³/mol. The second-order valence-electron chi connectivity index (χ2n) is 4.33. The van der Waals surface area contributed by atoms with Gasteiger partial charge in [-0.1, -0.05) is 15.9 Å². The predicted octanol–water partition coefficient (Wildman–Crippen LogP) is 2.97. The average Bonchev–Trinajstić information content (AvgIpc) is 2.87. The van der Waals surface area contributed by atoms with Crippen LogP contribution in [0.2, 0.25) is 0 Å². The Balaban J connectivity index is 1.76. The molecule has 21 heavy (non-hydrogen) atoms. The van der Waals surface area contributed by atoms with Crippen molar-refractivity contribution in [1.82, 2.24) is 10.3 Å². The minimum Gasteiger partial charge on any atom is -0.351 e. The van der Waals surface area contributed by atoms with Gasteiger partial charge < -0.3 is 10.6 Å². The number of nitrogens with one attached hydrogen (secondary N) is 2. The Bertz CT molecular complexity index is 640. The topological polar surface area (TPSA) is 71.1 Å². The van der Waals surface area contributed by atoms with E-state index in [2.05, 4.69) is 31.5 Å². The van der Waals surface area contributed by atoms with Gasteiger partial charge in [-0.2, -0.15) is 0 Å². The van der Waals surface area contributed by atoms with Crippen LogP contribution >= 0.6 is 27.3 Å². The zero-order chi connectivity index (χ0) is 15.2. The molecule has 5 nitrogen and oxygen atoms in total. The molecule has 1 aromatic heterocycles. The molecule has 110 valence electrons. The highest BCUT2D eigenvalue weighted by Gasteiger charge is 2.11. The number of hydrogen-bond donors (Lipinski definition) is 2. The number of anilines is 1. The molecule has 1 aromatic carbocycles. The molecule has 0 aliphatic heterocycles. The summed E-state index contributed by atoms with van der Waals surface area (Å²) in [7, 11) is 0. The fraction of sp³-hybridized carbons (Fsp3) is 0.214. The highest BCUT2D eigenvalue weighted by molar-refractivity contribution is 9.10. The molecule has 0 fully saturated rings. The van der Waals surface area contributed by atoms with Gasteiger partial charge in [-0.05, 0) is 31.2 Å². The number of carbonyl (C=O) groups is 2. The molecule has 0 saturated heterocycles. The smallest absolute Gasteiger partial charge is 0.263 e. The van der Waals surface area contributed by atoms with Crippen LogP contribution in [0.4, 0.5) is 5.69 Å². The Morgan fingerprint density at radius 2 is 2.00 bits per heavy atom. The second-order valence-corrected chi connectivity index (χ2v) is 6.10. The summed E-state index contributed by atoms with van der Waals surface area (Å²) in [5, 5.41) is 5.48. The Morgan fingerprint density at radius 3 is 2.62 bits per heavy atom. The third-order valence-electron chi connectivity index (χ3n) is 2.72. The van der Waals surface area contributed by atoms with Crippen LogP contribution < -0.4 is 10.6 Å². The Hall–Kier alpha value is -1.73. The van der Waals surface area contributed by atoms with Crippen LogP contribution in [0.15, 0.2) is 34.2 Å². The number of halogens is 1. The molecule has 0 aliphatic carbocycles. The Kier molecular flexibility index (Phi) is 5.46. The van der Waals surface area contributed by atoms with Crippen LogP contribution in [0.3, 0.4) is 0 Å². The van der Waals surface area contributed by atoms with Crippen molar-refractivity contribution in [3.05, 3.63) is 44.8 Å². The number of carbonyl (C=O) groups excluding carboxylic acids is 2. The van der Waals surface area contributed by atoms with E-state index in [1.807, 2.05) is 12.1 Å². The molecule has 2 amide bonds. The largest absolute Gasteiger partial charge is 0.351 e. The lowest BCUT2D eigenvalue weighted by Gasteiger charge is -2.06. The van der Waals surface area contributed by atoms with Crippen LogP contribution in [0.25, 0.3) is 0 Å². The summed E-state index contributed by atoms with van der Waals surface area (Å²) in [4.78, 5) is 28.2. The first-order valence-corrected chi connectivity index (χ1v) is 7.97. The van der Waals surface area contributed by atoms with Crippen LogP contribution in [0, 0.1) is 6.92 Å². The van der Waals surface area contributed by atoms with Gasteiger partial charge in [-0.15, -0.1) is 11.3 Å². The summed E-state index contributed by atoms with van der Waals surface area (Å²) in [6.07, 6.45) is 0.222. The van der Waals surface area contributed by atoms with Gasteiger partial charge in [0, 0.05) is 23.1 Å². The van der Waals surface area contributed by atoms with E-state index in [-0.39, 0.29) is 18.2 Å². The van der Waals surface area contributed by atoms with Crippen molar-refractivity contribution in [2.75, 3.05) is 11.9 Å². The van der Waals surface area contributed by atoms with E-state index in [4.69, 9.17) is 0 Å². The van der Waals surface area contributed by atoms with Gasteiger partial charge in [0.05, 0.1) is 11.2 Å². The summed E-state index contributed by atoms with van der Waals surface area (Å²) in [5.74, 6) is -0.329. The van der Waals surface area contributed by atoms with Gasteiger partial charge >= 0.3 is 0 Å². The zero-order valence-electron chi connectivity index (χ0n) is 11.4. The molecule has 1 heterocycles. The van der Waals surface area contributed by atoms with E-state index < -0.39 is 0 Å². The van der Waals surface area contributed by atoms with Gasteiger partial charge in [-0.3, -0.25) is 9.59 Å². The normalized spacial score (nSPS) is 10.2. The van der Waals surface area contributed by atoms with Crippen LogP contribution in [0.1, 0.15) is 21.8 Å². The molecule has 0 spiro atoms. The third kappa shape index (κ3) is 4.64. The van der Waals surface area contributed by atoms with Crippen LogP contribution in [0.5, 0.6) is 0 Å². The molecular formula is C14H14BrN3O2S. The molecule has 0 aliphatic rings. The van der Waals surface area contributed by atoms with Crippen LogP contribution in [-0.4, -0.2) is 23.3 Å². The van der Waals surface area contributed by atoms with Gasteiger partial charge in [0.1, 0.15) is 4.88 Å². The van der Waals surface area contributed by atoms with Crippen molar-refractivity contribution in [2.45, 2.75) is 13.3 Å². The van der Waals surface area contributed by atoms with Gasteiger partial charge in [0.15, 0.2) is 0 Å². The van der Waals surface area contributed by atoms with Crippen molar-refractivity contribution in [2.24, 2.45) is 0 Å². The molecule has 0 radical (unpaired) electrons. The van der Waals surface area contributed by atoms with E-state index in [9.17, 15) is 9.59 Å². The van der Waals surface area contributed by atoms with Crippen molar-refractivity contribution in [3.63, 3.8) is 0 Å². The monoisotopic (exact) mass is 367 g/mol. The fourth-order valence-corrected chi connectivity index (χ4v) is 2.63. The Morgan fingerprint density at radius 1 is 1.29 bits per heavy atom. The second kappa shape index (κ2) is 7.33. The first-order valence-electron chi connectivity index (χ1n) is 6.30. The molecule has 0 atom stereocenters. The number of amides is 2. The molecule has 0 saturated carbocycles. The number of hydrogen-bond acceptors (Lipinski definition) is 4. The van der Waals surface area contributed by atoms with E-state index in [0.717, 1.165) is 10.2 Å². The maximum atomic E-state index is 11.8. The first-order chi connectivity index (χ1) is 10.1. The van der Waals surface area contributed by atoms with Gasteiger partial charge in [0.2, 0.25) is 5.91 Å². The molecule has 2 rings (SSSR count). The lowest BCUT2D eigenvalue weighted by molar-refractivity contribution is -0.116. The lowest BCUT2D eigenvalue weighted by Crippen LogP contribution is -2.27. The minimum atomic E-state index is -0.188. The maximum absolute atomic E-state index is 11.8. The molecule has 0 bridgehead atoms. The van der Waals surface area contributed by atoms with Gasteiger partial charge in [-0.25, -0.2) is 4.98 Å². The standard InChI is InChI=1S/C14H14BrN3O2S/c1-9-13(21-8-17-9)14(20)16-7-6-12(19)18-11-4-2-10(15)3-5-11/h2-5,8H,6-7H2,1H3,(H,16,20)(H,18,19). The van der Waals surface area contributed by atoms with E-state index >= 15 is 0 Å². The summed E-state index contributed by atoms with van der Waals surface area (Å²) < 4.78 is 0.952.